The lowest BCUT2D eigenvalue weighted by atomic mass is 9.66. The molecule has 160 valence electrons. The predicted octanol–water partition coefficient (Wildman–Crippen LogP) is 5.15. The Morgan fingerprint density at radius 2 is 1.56 bits per heavy atom. The molecule has 1 heterocycles. The lowest BCUT2D eigenvalue weighted by Gasteiger charge is -2.35. The van der Waals surface area contributed by atoms with Crippen molar-refractivity contribution in [2.45, 2.75) is 5.41 Å². The topological polar surface area (TPSA) is 97.8 Å². The first-order chi connectivity index (χ1) is 15.6. The molecule has 0 radical (unpaired) electrons. The van der Waals surface area contributed by atoms with E-state index in [9.17, 15) is 10.0 Å². The van der Waals surface area contributed by atoms with Gasteiger partial charge in [0.25, 0.3) is 0 Å². The highest BCUT2D eigenvalue weighted by atomic mass is 35.5. The third kappa shape index (κ3) is 3.95. The molecular weight excluding hydrogens is 446 g/mol. The van der Waals surface area contributed by atoms with Crippen molar-refractivity contribution in [1.82, 2.24) is 4.98 Å². The summed E-state index contributed by atoms with van der Waals surface area (Å²) in [5, 5.41) is 15.9. The minimum atomic E-state index is -1.32. The van der Waals surface area contributed by atoms with E-state index in [2.05, 4.69) is 10.1 Å². The molecule has 0 bridgehead atoms. The van der Waals surface area contributed by atoms with Crippen LogP contribution in [0.25, 0.3) is 0 Å². The lowest BCUT2D eigenvalue weighted by molar-refractivity contribution is -0.127. The van der Waals surface area contributed by atoms with Gasteiger partial charge in [-0.1, -0.05) is 89.6 Å². The molecule has 32 heavy (non-hydrogen) atoms. The number of hydrogen-bond donors (Lipinski definition) is 2. The van der Waals surface area contributed by atoms with Crippen molar-refractivity contribution in [3.63, 3.8) is 0 Å². The molecule has 0 fully saturated rings. The number of hydrogen-bond acceptors (Lipinski definition) is 7. The number of carbonyl (C=O) groups is 1. The Morgan fingerprint density at radius 1 is 0.969 bits per heavy atom. The summed E-state index contributed by atoms with van der Waals surface area (Å²) in [6.45, 7) is 0. The summed E-state index contributed by atoms with van der Waals surface area (Å²) in [5.41, 5.74) is 6.11. The number of anilines is 1. The third-order valence-electron chi connectivity index (χ3n) is 5.02. The Kier molecular flexibility index (Phi) is 6.20. The van der Waals surface area contributed by atoms with E-state index in [1.807, 2.05) is 66.7 Å². The zero-order chi connectivity index (χ0) is 22.6. The van der Waals surface area contributed by atoms with Gasteiger partial charge in [0, 0.05) is 5.02 Å². The molecular formula is C24H18ClN3O3S. The van der Waals surface area contributed by atoms with Crippen LogP contribution in [0.4, 0.5) is 5.13 Å². The van der Waals surface area contributed by atoms with E-state index in [-0.39, 0.29) is 16.7 Å². The number of nitrogens with zero attached hydrogens (tertiary/aromatic N) is 2. The molecule has 0 amide bonds. The second-order valence-corrected chi connectivity index (χ2v) is 8.18. The van der Waals surface area contributed by atoms with Gasteiger partial charge in [0.05, 0.1) is 10.8 Å². The highest BCUT2D eigenvalue weighted by Crippen LogP contribution is 2.42. The second-order valence-electron chi connectivity index (χ2n) is 6.85. The number of halogens is 1. The molecule has 3 N–H and O–H groups in total. The zero-order valence-corrected chi connectivity index (χ0v) is 18.3. The average molecular weight is 464 g/mol. The highest BCUT2D eigenvalue weighted by molar-refractivity contribution is 7.13. The molecule has 4 rings (SSSR count). The summed E-state index contributed by atoms with van der Waals surface area (Å²) < 4.78 is 5.45. The van der Waals surface area contributed by atoms with E-state index < -0.39 is 11.4 Å². The van der Waals surface area contributed by atoms with Crippen LogP contribution in [0.3, 0.4) is 0 Å². The second kappa shape index (κ2) is 9.21. The fourth-order valence-electron chi connectivity index (χ4n) is 3.74. The Morgan fingerprint density at radius 3 is 2.06 bits per heavy atom. The number of ether oxygens (including phenoxy) is 1. The third-order valence-corrected chi connectivity index (χ3v) is 5.91. The van der Waals surface area contributed by atoms with Crippen LogP contribution >= 0.6 is 22.9 Å². The van der Waals surface area contributed by atoms with E-state index in [4.69, 9.17) is 22.1 Å². The minimum Gasteiger partial charge on any atom is -0.410 e. The molecule has 0 saturated carbocycles. The van der Waals surface area contributed by atoms with Crippen LogP contribution in [0.5, 0.6) is 5.88 Å². The van der Waals surface area contributed by atoms with Gasteiger partial charge in [-0.2, -0.15) is 4.98 Å². The monoisotopic (exact) mass is 463 g/mol. The number of aromatic nitrogens is 1. The van der Waals surface area contributed by atoms with Gasteiger partial charge in [0.2, 0.25) is 5.88 Å². The zero-order valence-electron chi connectivity index (χ0n) is 16.7. The van der Waals surface area contributed by atoms with Crippen LogP contribution < -0.4 is 10.5 Å². The van der Waals surface area contributed by atoms with Crippen LogP contribution in [-0.2, 0) is 10.2 Å². The number of thiazole rings is 1. The number of esters is 1. The maximum Gasteiger partial charge on any atom is 0.364 e. The molecule has 0 spiro atoms. The fraction of sp³-hybridized carbons (Fsp3) is 0.0417. The first kappa shape index (κ1) is 21.5. The summed E-state index contributed by atoms with van der Waals surface area (Å²) in [6.07, 6.45) is 0. The quantitative estimate of drug-likeness (QED) is 0.135. The van der Waals surface area contributed by atoms with E-state index in [1.165, 1.54) is 5.38 Å². The van der Waals surface area contributed by atoms with E-state index in [0.717, 1.165) is 11.3 Å². The first-order valence-corrected chi connectivity index (χ1v) is 10.8. The van der Waals surface area contributed by atoms with Crippen molar-refractivity contribution in [1.29, 1.82) is 0 Å². The molecule has 1 aromatic heterocycles. The van der Waals surface area contributed by atoms with E-state index >= 15 is 0 Å². The minimum absolute atomic E-state index is 0.0276. The van der Waals surface area contributed by atoms with Crippen LogP contribution in [0, 0.1) is 0 Å². The number of carbonyl (C=O) groups excluding carboxylic acids is 1. The average Bonchev–Trinajstić information content (AvgIpc) is 3.22. The molecule has 6 nitrogen and oxygen atoms in total. The molecule has 0 aliphatic heterocycles. The Balaban J connectivity index is 2.00. The van der Waals surface area contributed by atoms with Crippen molar-refractivity contribution in [3.8, 4) is 5.88 Å². The Labute approximate surface area is 193 Å². The molecule has 3 aromatic carbocycles. The Bertz CT molecular complexity index is 1220. The van der Waals surface area contributed by atoms with Crippen molar-refractivity contribution in [2.24, 2.45) is 5.16 Å². The predicted molar refractivity (Wildman–Crippen MR) is 126 cm³/mol. The summed E-state index contributed by atoms with van der Waals surface area (Å²) in [4.78, 5) is 17.4. The van der Waals surface area contributed by atoms with Gasteiger partial charge in [0.1, 0.15) is 0 Å². The molecule has 0 aliphatic rings. The maximum absolute atomic E-state index is 13.4. The summed E-state index contributed by atoms with van der Waals surface area (Å²) in [5.74, 6) is -0.842. The number of rotatable bonds is 6. The van der Waals surface area contributed by atoms with Crippen molar-refractivity contribution < 1.29 is 14.7 Å². The normalized spacial score (nSPS) is 11.8. The standard InChI is InChI=1S/C24H18ClN3O3S/c25-19-13-7-12-18(14-19)24(16-8-3-1-4-9-16,17-10-5-2-6-11-17)21(28-30)22(29)31-20-15-32-23(26)27-20/h1-15,30H,(H2,26,27)/b28-21+. The summed E-state index contributed by atoms with van der Waals surface area (Å²) in [6, 6.07) is 25.6. The lowest BCUT2D eigenvalue weighted by Crippen LogP contribution is -2.44. The molecule has 0 atom stereocenters. The highest BCUT2D eigenvalue weighted by Gasteiger charge is 2.46. The number of nitrogens with two attached hydrogens (primary N) is 1. The molecule has 8 heteroatoms. The van der Waals surface area contributed by atoms with Crippen LogP contribution in [0.2, 0.25) is 5.02 Å². The van der Waals surface area contributed by atoms with Crippen LogP contribution in [0.15, 0.2) is 95.5 Å². The van der Waals surface area contributed by atoms with Gasteiger partial charge < -0.3 is 15.7 Å². The molecule has 4 aromatic rings. The van der Waals surface area contributed by atoms with Gasteiger partial charge in [-0.05, 0) is 28.8 Å². The van der Waals surface area contributed by atoms with E-state index in [0.29, 0.717) is 21.7 Å². The van der Waals surface area contributed by atoms with Gasteiger partial charge in [-0.15, -0.1) is 11.3 Å². The molecule has 0 aliphatic carbocycles. The van der Waals surface area contributed by atoms with Crippen LogP contribution in [-0.4, -0.2) is 21.9 Å². The number of oxime groups is 1. The van der Waals surface area contributed by atoms with Gasteiger partial charge in [-0.3, -0.25) is 0 Å². The van der Waals surface area contributed by atoms with Crippen molar-refractivity contribution in [3.05, 3.63) is 112 Å². The Hall–Kier alpha value is -3.68. The summed E-state index contributed by atoms with van der Waals surface area (Å²) >= 11 is 7.48. The van der Waals surface area contributed by atoms with Crippen LogP contribution in [0.1, 0.15) is 16.7 Å². The van der Waals surface area contributed by atoms with Gasteiger partial charge in [0.15, 0.2) is 10.8 Å². The van der Waals surface area contributed by atoms with E-state index in [1.54, 1.807) is 18.2 Å². The first-order valence-electron chi connectivity index (χ1n) is 9.58. The van der Waals surface area contributed by atoms with Crippen molar-refractivity contribution >= 4 is 39.8 Å². The number of benzene rings is 3. The summed E-state index contributed by atoms with van der Waals surface area (Å²) in [7, 11) is 0. The van der Waals surface area contributed by atoms with Crippen molar-refractivity contribution in [2.75, 3.05) is 5.73 Å². The molecule has 0 unspecified atom stereocenters. The number of nitrogen functional groups attached to an aromatic ring is 1. The fourth-order valence-corrected chi connectivity index (χ4v) is 4.39. The van der Waals surface area contributed by atoms with Gasteiger partial charge >= 0.3 is 5.97 Å². The maximum atomic E-state index is 13.4. The smallest absolute Gasteiger partial charge is 0.364 e. The largest absolute Gasteiger partial charge is 0.410 e. The molecule has 0 saturated heterocycles. The van der Waals surface area contributed by atoms with Gasteiger partial charge in [-0.25, -0.2) is 4.79 Å². The SMILES string of the molecule is Nc1nc(OC(=O)/C(=N\O)C(c2ccccc2)(c2ccccc2)c2cccc(Cl)c2)cs1.